The molecule has 0 bridgehead atoms. The van der Waals surface area contributed by atoms with E-state index in [0.717, 1.165) is 13.1 Å². The first-order chi connectivity index (χ1) is 8.83. The van der Waals surface area contributed by atoms with Crippen molar-refractivity contribution >= 4 is 16.1 Å². The van der Waals surface area contributed by atoms with Gasteiger partial charge in [0.15, 0.2) is 0 Å². The van der Waals surface area contributed by atoms with E-state index in [1.165, 1.54) is 70.6 Å². The Hall–Kier alpha value is 0.400. The van der Waals surface area contributed by atoms with Crippen molar-refractivity contribution in [3.63, 3.8) is 0 Å². The zero-order valence-corrected chi connectivity index (χ0v) is 14.2. The van der Waals surface area contributed by atoms with Gasteiger partial charge < -0.3 is 5.73 Å². The van der Waals surface area contributed by atoms with Gasteiger partial charge in [-0.3, -0.25) is 4.34 Å². The average molecular weight is 323 g/mol. The van der Waals surface area contributed by atoms with Crippen LogP contribution >= 0.6 is 16.1 Å². The minimum atomic E-state index is 0.872. The zero-order valence-electron chi connectivity index (χ0n) is 12.6. The molecule has 0 aromatic carbocycles. The molecule has 3 heteroatoms. The van der Waals surface area contributed by atoms with E-state index < -0.39 is 0 Å². The van der Waals surface area contributed by atoms with E-state index in [1.54, 1.807) is 0 Å². The first kappa shape index (κ1) is 20.7. The Kier molecular flexibility index (Phi) is 26.0. The van der Waals surface area contributed by atoms with Crippen LogP contribution < -0.4 is 10.1 Å². The number of rotatable bonds is 12. The zero-order chi connectivity index (χ0) is 13.9. The van der Waals surface area contributed by atoms with E-state index in [0.29, 0.717) is 0 Å². The number of hydrogen-bond acceptors (Lipinski definition) is 2. The molecule has 0 atom stereocenters. The fourth-order valence-electron chi connectivity index (χ4n) is 1.73. The SMILES string of the molecule is CCCCCCCCCCCCN.CCCNBr. The highest BCUT2D eigenvalue weighted by atomic mass is 79.9. The Morgan fingerprint density at radius 3 is 1.44 bits per heavy atom. The van der Waals surface area contributed by atoms with Crippen LogP contribution in [-0.2, 0) is 0 Å². The minimum absolute atomic E-state index is 0.872. The summed E-state index contributed by atoms with van der Waals surface area (Å²) >= 11 is 3.06. The Balaban J connectivity index is 0. The number of hydrogen-bond donors (Lipinski definition) is 2. The molecule has 0 heterocycles. The molecule has 112 valence electrons. The highest BCUT2D eigenvalue weighted by Crippen LogP contribution is 2.09. The molecule has 0 fully saturated rings. The lowest BCUT2D eigenvalue weighted by Gasteiger charge is -2.00. The highest BCUT2D eigenvalue weighted by molar-refractivity contribution is 9.08. The normalized spacial score (nSPS) is 10.0. The lowest BCUT2D eigenvalue weighted by Crippen LogP contribution is -1.97. The van der Waals surface area contributed by atoms with Crippen LogP contribution in [0.3, 0.4) is 0 Å². The van der Waals surface area contributed by atoms with Gasteiger partial charge in [0.05, 0.1) is 0 Å². The molecule has 0 aliphatic carbocycles. The van der Waals surface area contributed by atoms with E-state index in [2.05, 4.69) is 34.3 Å². The Bertz CT molecular complexity index is 109. The Labute approximate surface area is 124 Å². The van der Waals surface area contributed by atoms with Gasteiger partial charge in [0.2, 0.25) is 0 Å². The van der Waals surface area contributed by atoms with Crippen LogP contribution in [0.5, 0.6) is 0 Å². The van der Waals surface area contributed by atoms with E-state index >= 15 is 0 Å². The monoisotopic (exact) mass is 322 g/mol. The van der Waals surface area contributed by atoms with Crippen molar-refractivity contribution in [2.24, 2.45) is 5.73 Å². The molecular formula is C15H35BrN2. The van der Waals surface area contributed by atoms with Gasteiger partial charge >= 0.3 is 0 Å². The summed E-state index contributed by atoms with van der Waals surface area (Å²) < 4.78 is 2.83. The van der Waals surface area contributed by atoms with Crippen LogP contribution in [0.15, 0.2) is 0 Å². The van der Waals surface area contributed by atoms with Crippen LogP contribution in [0, 0.1) is 0 Å². The van der Waals surface area contributed by atoms with Gasteiger partial charge in [-0.25, -0.2) is 0 Å². The summed E-state index contributed by atoms with van der Waals surface area (Å²) in [6, 6.07) is 0. The molecular weight excluding hydrogens is 288 g/mol. The maximum absolute atomic E-state index is 5.42. The van der Waals surface area contributed by atoms with E-state index in [-0.39, 0.29) is 0 Å². The maximum Gasteiger partial charge on any atom is 0.00875 e. The van der Waals surface area contributed by atoms with Gasteiger partial charge in [-0.15, -0.1) is 0 Å². The number of halogens is 1. The summed E-state index contributed by atoms with van der Waals surface area (Å²) in [5, 5.41) is 0. The predicted octanol–water partition coefficient (Wildman–Crippen LogP) is 5.16. The number of nitrogens with one attached hydrogen (secondary N) is 1. The first-order valence-electron chi connectivity index (χ1n) is 7.86. The van der Waals surface area contributed by atoms with Crippen LogP contribution in [0.2, 0.25) is 0 Å². The van der Waals surface area contributed by atoms with Gasteiger partial charge in [0.25, 0.3) is 0 Å². The fraction of sp³-hybridized carbons (Fsp3) is 1.00. The van der Waals surface area contributed by atoms with Crippen molar-refractivity contribution < 1.29 is 0 Å². The van der Waals surface area contributed by atoms with E-state index in [1.807, 2.05) is 0 Å². The molecule has 0 amide bonds. The standard InChI is InChI=1S/C12H27N.C3H8BrN/c1-2-3-4-5-6-7-8-9-10-11-12-13;1-2-3-5-4/h2-13H2,1H3;5H,2-3H2,1H3. The summed E-state index contributed by atoms with van der Waals surface area (Å²) in [6.45, 7) is 6.32. The first-order valence-corrected chi connectivity index (χ1v) is 8.66. The third-order valence-electron chi connectivity index (χ3n) is 2.90. The number of nitrogens with two attached hydrogens (primary N) is 1. The van der Waals surface area contributed by atoms with Crippen molar-refractivity contribution in [2.45, 2.75) is 84.5 Å². The van der Waals surface area contributed by atoms with Crippen LogP contribution in [0.25, 0.3) is 0 Å². The van der Waals surface area contributed by atoms with Crippen LogP contribution in [-0.4, -0.2) is 13.1 Å². The molecule has 0 radical (unpaired) electrons. The molecule has 0 saturated carbocycles. The molecule has 0 rings (SSSR count). The molecule has 0 aromatic rings. The van der Waals surface area contributed by atoms with Crippen molar-refractivity contribution in [3.8, 4) is 0 Å². The minimum Gasteiger partial charge on any atom is -0.330 e. The molecule has 3 N–H and O–H groups in total. The molecule has 18 heavy (non-hydrogen) atoms. The maximum atomic E-state index is 5.42. The van der Waals surface area contributed by atoms with Crippen LogP contribution in [0.1, 0.15) is 84.5 Å². The molecule has 2 nitrogen and oxygen atoms in total. The quantitative estimate of drug-likeness (QED) is 0.384. The lowest BCUT2D eigenvalue weighted by molar-refractivity contribution is 0.558. The smallest absolute Gasteiger partial charge is 0.00875 e. The van der Waals surface area contributed by atoms with Gasteiger partial charge in [0.1, 0.15) is 0 Å². The third-order valence-corrected chi connectivity index (χ3v) is 3.30. The molecule has 0 aliphatic rings. The second-order valence-corrected chi connectivity index (χ2v) is 5.42. The summed E-state index contributed by atoms with van der Waals surface area (Å²) in [7, 11) is 0. The van der Waals surface area contributed by atoms with E-state index in [9.17, 15) is 0 Å². The summed E-state index contributed by atoms with van der Waals surface area (Å²) in [4.78, 5) is 0. The van der Waals surface area contributed by atoms with Gasteiger partial charge in [-0.2, -0.15) is 0 Å². The second kappa shape index (κ2) is 22.6. The van der Waals surface area contributed by atoms with Gasteiger partial charge in [-0.05, 0) is 19.4 Å². The third kappa shape index (κ3) is 25.3. The largest absolute Gasteiger partial charge is 0.330 e. The number of unbranched alkanes of at least 4 members (excludes halogenated alkanes) is 9. The molecule has 0 aliphatic heterocycles. The topological polar surface area (TPSA) is 38.0 Å². The average Bonchev–Trinajstić information content (AvgIpc) is 2.39. The van der Waals surface area contributed by atoms with E-state index in [4.69, 9.17) is 5.73 Å². The Morgan fingerprint density at radius 1 is 0.722 bits per heavy atom. The second-order valence-electron chi connectivity index (χ2n) is 4.85. The molecule has 0 unspecified atom stereocenters. The summed E-state index contributed by atoms with van der Waals surface area (Å²) in [6.07, 6.45) is 15.1. The van der Waals surface area contributed by atoms with Crippen molar-refractivity contribution in [1.82, 2.24) is 4.34 Å². The fourth-order valence-corrected chi connectivity index (χ4v) is 2.12. The summed E-state index contributed by atoms with van der Waals surface area (Å²) in [5.41, 5.74) is 5.42. The molecule has 0 aromatic heterocycles. The van der Waals surface area contributed by atoms with Crippen LogP contribution in [0.4, 0.5) is 0 Å². The molecule has 0 spiro atoms. The highest BCUT2D eigenvalue weighted by Gasteiger charge is 1.91. The molecule has 0 saturated heterocycles. The predicted molar refractivity (Wildman–Crippen MR) is 88.1 cm³/mol. The van der Waals surface area contributed by atoms with Crippen molar-refractivity contribution in [2.75, 3.05) is 13.1 Å². The Morgan fingerprint density at radius 2 is 1.17 bits per heavy atom. The van der Waals surface area contributed by atoms with Gasteiger partial charge in [-0.1, -0.05) is 71.6 Å². The van der Waals surface area contributed by atoms with Crippen molar-refractivity contribution in [3.05, 3.63) is 0 Å². The van der Waals surface area contributed by atoms with Crippen molar-refractivity contribution in [1.29, 1.82) is 0 Å². The lowest BCUT2D eigenvalue weighted by atomic mass is 10.1. The van der Waals surface area contributed by atoms with Gasteiger partial charge in [0, 0.05) is 22.7 Å². The summed E-state index contributed by atoms with van der Waals surface area (Å²) in [5.74, 6) is 0.